The average Bonchev–Trinajstić information content (AvgIpc) is 3.04. The number of nitrogens with one attached hydrogen (secondary N) is 1. The molecule has 0 radical (unpaired) electrons. The number of amides is 2. The number of alkyl halides is 3. The predicted molar refractivity (Wildman–Crippen MR) is 176 cm³/mol. The molecule has 0 fully saturated rings. The molecule has 11 heteroatoms. The molecule has 47 heavy (non-hydrogen) atoms. The van der Waals surface area contributed by atoms with Crippen molar-refractivity contribution in [2.24, 2.45) is 5.92 Å². The van der Waals surface area contributed by atoms with Crippen LogP contribution in [-0.2, 0) is 38.8 Å². The molecule has 0 saturated carbocycles. The van der Waals surface area contributed by atoms with Crippen LogP contribution in [0, 0.1) is 12.8 Å². The highest BCUT2D eigenvalue weighted by molar-refractivity contribution is 7.92. The number of carbonyl (C=O) groups is 2. The van der Waals surface area contributed by atoms with Crippen molar-refractivity contribution in [1.82, 2.24) is 10.2 Å². The lowest BCUT2D eigenvalue weighted by Gasteiger charge is -2.34. The van der Waals surface area contributed by atoms with Crippen molar-refractivity contribution >= 4 is 27.5 Å². The Balaban J connectivity index is 1.82. The first-order valence-electron chi connectivity index (χ1n) is 15.2. The average molecular weight is 666 g/mol. The minimum absolute atomic E-state index is 0.0483. The van der Waals surface area contributed by atoms with Gasteiger partial charge in [-0.15, -0.1) is 0 Å². The molecule has 0 heterocycles. The van der Waals surface area contributed by atoms with E-state index in [1.165, 1.54) is 23.1 Å². The van der Waals surface area contributed by atoms with Gasteiger partial charge in [0.05, 0.1) is 16.1 Å². The summed E-state index contributed by atoms with van der Waals surface area (Å²) in [6, 6.07) is 26.6. The molecule has 248 valence electrons. The van der Waals surface area contributed by atoms with Crippen LogP contribution in [0.4, 0.5) is 18.9 Å². The standard InChI is InChI=1S/C36H38F3N3O4S/c1-26(2)23-40-35(44)33(21-28-11-6-4-7-12-28)41(24-29-13-8-5-9-14-29)34(43)25-42(31-16-10-15-30(22-31)36(37,38)39)47(45,46)32-19-17-27(3)18-20-32/h4-20,22,26,33H,21,23-25H2,1-3H3,(H,40,44)/t33-/m1/s1. The fraction of sp³-hybridized carbons (Fsp3) is 0.278. The van der Waals surface area contributed by atoms with Gasteiger partial charge in [-0.1, -0.05) is 98.3 Å². The van der Waals surface area contributed by atoms with E-state index in [1.54, 1.807) is 49.4 Å². The number of benzene rings is 4. The lowest BCUT2D eigenvalue weighted by molar-refractivity contribution is -0.140. The van der Waals surface area contributed by atoms with Gasteiger partial charge in [0.25, 0.3) is 10.0 Å². The van der Waals surface area contributed by atoms with Gasteiger partial charge in [-0.2, -0.15) is 13.2 Å². The van der Waals surface area contributed by atoms with Crippen molar-refractivity contribution in [3.63, 3.8) is 0 Å². The van der Waals surface area contributed by atoms with Gasteiger partial charge in [-0.05, 0) is 54.3 Å². The molecule has 0 aromatic heterocycles. The van der Waals surface area contributed by atoms with Gasteiger partial charge in [-0.25, -0.2) is 8.42 Å². The van der Waals surface area contributed by atoms with Crippen molar-refractivity contribution in [3.05, 3.63) is 131 Å². The summed E-state index contributed by atoms with van der Waals surface area (Å²) in [5.74, 6) is -1.08. The number of aryl methyl sites for hydroxylation is 1. The van der Waals surface area contributed by atoms with Crippen molar-refractivity contribution in [2.45, 2.75) is 50.9 Å². The first-order chi connectivity index (χ1) is 22.3. The van der Waals surface area contributed by atoms with E-state index >= 15 is 0 Å². The van der Waals surface area contributed by atoms with Crippen LogP contribution < -0.4 is 9.62 Å². The molecule has 4 aromatic carbocycles. The zero-order chi connectivity index (χ0) is 34.2. The first kappa shape index (κ1) is 35.2. The fourth-order valence-electron chi connectivity index (χ4n) is 4.96. The van der Waals surface area contributed by atoms with Gasteiger partial charge in [0.2, 0.25) is 11.8 Å². The Bertz CT molecular complexity index is 1750. The normalized spacial score (nSPS) is 12.4. The predicted octanol–water partition coefficient (Wildman–Crippen LogP) is 6.62. The second-order valence-corrected chi connectivity index (χ2v) is 13.6. The van der Waals surface area contributed by atoms with Gasteiger partial charge in [0.1, 0.15) is 12.6 Å². The van der Waals surface area contributed by atoms with E-state index in [0.717, 1.165) is 23.3 Å². The molecule has 0 bridgehead atoms. The molecular weight excluding hydrogens is 627 g/mol. The summed E-state index contributed by atoms with van der Waals surface area (Å²) in [7, 11) is -4.54. The number of rotatable bonds is 13. The minimum Gasteiger partial charge on any atom is -0.354 e. The third kappa shape index (κ3) is 9.45. The maximum absolute atomic E-state index is 14.4. The van der Waals surface area contributed by atoms with E-state index in [-0.39, 0.29) is 29.5 Å². The summed E-state index contributed by atoms with van der Waals surface area (Å²) in [4.78, 5) is 29.3. The molecular formula is C36H38F3N3O4S. The first-order valence-corrected chi connectivity index (χ1v) is 16.6. The molecule has 4 aromatic rings. The van der Waals surface area contributed by atoms with Gasteiger partial charge >= 0.3 is 6.18 Å². The van der Waals surface area contributed by atoms with Crippen LogP contribution in [0.15, 0.2) is 114 Å². The minimum atomic E-state index is -4.76. The molecule has 0 aliphatic carbocycles. The summed E-state index contributed by atoms with van der Waals surface area (Å²) in [5.41, 5.74) is 0.823. The summed E-state index contributed by atoms with van der Waals surface area (Å²) < 4.78 is 70.2. The molecule has 1 N–H and O–H groups in total. The Kier molecular flexibility index (Phi) is 11.5. The number of sulfonamides is 1. The zero-order valence-electron chi connectivity index (χ0n) is 26.4. The molecule has 1 atom stereocenters. The summed E-state index contributed by atoms with van der Waals surface area (Å²) >= 11 is 0. The largest absolute Gasteiger partial charge is 0.416 e. The SMILES string of the molecule is Cc1ccc(S(=O)(=O)N(CC(=O)N(Cc2ccccc2)[C@H](Cc2ccccc2)C(=O)NCC(C)C)c2cccc(C(F)(F)F)c2)cc1. The highest BCUT2D eigenvalue weighted by atomic mass is 32.2. The van der Waals surface area contributed by atoms with Crippen molar-refractivity contribution < 1.29 is 31.2 Å². The van der Waals surface area contributed by atoms with E-state index in [1.807, 2.05) is 44.2 Å². The molecule has 0 aliphatic rings. The number of halogens is 3. The zero-order valence-corrected chi connectivity index (χ0v) is 27.3. The van der Waals surface area contributed by atoms with Crippen LogP contribution in [-0.4, -0.2) is 44.3 Å². The van der Waals surface area contributed by atoms with Gasteiger partial charge in [0.15, 0.2) is 0 Å². The summed E-state index contributed by atoms with van der Waals surface area (Å²) in [6.07, 6.45) is -4.63. The van der Waals surface area contributed by atoms with Crippen molar-refractivity contribution in [3.8, 4) is 0 Å². The Hall–Kier alpha value is -4.64. The molecule has 0 aliphatic heterocycles. The van der Waals surface area contributed by atoms with E-state index in [9.17, 15) is 31.2 Å². The topological polar surface area (TPSA) is 86.8 Å². The number of hydrogen-bond acceptors (Lipinski definition) is 4. The smallest absolute Gasteiger partial charge is 0.354 e. The number of hydrogen-bond donors (Lipinski definition) is 1. The summed E-state index contributed by atoms with van der Waals surface area (Å²) in [5, 5.41) is 2.90. The molecule has 0 spiro atoms. The second kappa shape index (κ2) is 15.3. The van der Waals surface area contributed by atoms with Gasteiger partial charge < -0.3 is 10.2 Å². The highest BCUT2D eigenvalue weighted by Gasteiger charge is 2.36. The Morgan fingerprint density at radius 3 is 1.98 bits per heavy atom. The van der Waals surface area contributed by atoms with E-state index < -0.39 is 46.2 Å². The van der Waals surface area contributed by atoms with Crippen LogP contribution >= 0.6 is 0 Å². The van der Waals surface area contributed by atoms with Gasteiger partial charge in [0, 0.05) is 19.5 Å². The van der Waals surface area contributed by atoms with Crippen LogP contribution in [0.5, 0.6) is 0 Å². The lowest BCUT2D eigenvalue weighted by atomic mass is 10.0. The van der Waals surface area contributed by atoms with Crippen molar-refractivity contribution in [1.29, 1.82) is 0 Å². The number of nitrogens with zero attached hydrogens (tertiary/aromatic N) is 2. The number of anilines is 1. The molecule has 0 unspecified atom stereocenters. The van der Waals surface area contributed by atoms with Gasteiger partial charge in [-0.3, -0.25) is 13.9 Å². The molecule has 7 nitrogen and oxygen atoms in total. The molecule has 2 amide bonds. The van der Waals surface area contributed by atoms with Crippen molar-refractivity contribution in [2.75, 3.05) is 17.4 Å². The quantitative estimate of drug-likeness (QED) is 0.174. The van der Waals surface area contributed by atoms with Crippen LogP contribution in [0.25, 0.3) is 0 Å². The molecule has 0 saturated heterocycles. The third-order valence-corrected chi connectivity index (χ3v) is 9.29. The molecule has 4 rings (SSSR count). The third-order valence-electron chi connectivity index (χ3n) is 7.50. The van der Waals surface area contributed by atoms with Crippen LogP contribution in [0.3, 0.4) is 0 Å². The highest BCUT2D eigenvalue weighted by Crippen LogP contribution is 2.33. The maximum atomic E-state index is 14.4. The monoisotopic (exact) mass is 665 g/mol. The Morgan fingerprint density at radius 2 is 1.40 bits per heavy atom. The second-order valence-electron chi connectivity index (χ2n) is 11.7. The lowest BCUT2D eigenvalue weighted by Crippen LogP contribution is -2.53. The van der Waals surface area contributed by atoms with Crippen LogP contribution in [0.1, 0.15) is 36.1 Å². The van der Waals surface area contributed by atoms with E-state index in [0.29, 0.717) is 22.5 Å². The number of carbonyl (C=O) groups excluding carboxylic acids is 2. The Morgan fingerprint density at radius 1 is 0.809 bits per heavy atom. The van der Waals surface area contributed by atoms with E-state index in [2.05, 4.69) is 5.32 Å². The summed E-state index contributed by atoms with van der Waals surface area (Å²) in [6.45, 7) is 5.07. The fourth-order valence-corrected chi connectivity index (χ4v) is 6.37. The maximum Gasteiger partial charge on any atom is 0.416 e. The van der Waals surface area contributed by atoms with E-state index in [4.69, 9.17) is 0 Å². The Labute approximate surface area is 274 Å². The van der Waals surface area contributed by atoms with Crippen LogP contribution in [0.2, 0.25) is 0 Å².